The van der Waals surface area contributed by atoms with E-state index in [0.717, 1.165) is 10.9 Å². The molecule has 9 heteroatoms. The number of aromatic carboxylic acids is 1. The molecule has 2 N–H and O–H groups in total. The molecule has 0 saturated carbocycles. The van der Waals surface area contributed by atoms with Gasteiger partial charge in [0, 0.05) is 17.0 Å². The van der Waals surface area contributed by atoms with Gasteiger partial charge in [0.05, 0.1) is 0 Å². The fourth-order valence-electron chi connectivity index (χ4n) is 1.74. The monoisotopic (exact) mass is 393 g/mol. The summed E-state index contributed by atoms with van der Waals surface area (Å²) >= 11 is 4.47. The number of halogens is 1. The SMILES string of the molecule is CC(Cc1cccs1)NS(=O)(=O)c1cc(C(=O)O)oc1Br. The van der Waals surface area contributed by atoms with Gasteiger partial charge in [0.2, 0.25) is 15.8 Å². The Balaban J connectivity index is 2.16. The molecule has 0 amide bonds. The summed E-state index contributed by atoms with van der Waals surface area (Å²) in [6.45, 7) is 1.74. The fraction of sp³-hybridized carbons (Fsp3) is 0.250. The van der Waals surface area contributed by atoms with E-state index in [-0.39, 0.29) is 15.6 Å². The van der Waals surface area contributed by atoms with E-state index in [9.17, 15) is 13.2 Å². The first-order valence-electron chi connectivity index (χ1n) is 5.87. The lowest BCUT2D eigenvalue weighted by atomic mass is 10.2. The lowest BCUT2D eigenvalue weighted by Crippen LogP contribution is -2.33. The highest BCUT2D eigenvalue weighted by Crippen LogP contribution is 2.26. The summed E-state index contributed by atoms with van der Waals surface area (Å²) in [6, 6.07) is 4.47. The quantitative estimate of drug-likeness (QED) is 0.786. The lowest BCUT2D eigenvalue weighted by molar-refractivity contribution is 0.0661. The maximum Gasteiger partial charge on any atom is 0.371 e. The highest BCUT2D eigenvalue weighted by molar-refractivity contribution is 9.10. The zero-order valence-corrected chi connectivity index (χ0v) is 14.1. The number of nitrogens with one attached hydrogen (secondary N) is 1. The normalized spacial score (nSPS) is 13.2. The van der Waals surface area contributed by atoms with Crippen LogP contribution in [0.25, 0.3) is 0 Å². The maximum atomic E-state index is 12.2. The first-order valence-corrected chi connectivity index (χ1v) is 9.02. The number of thiophene rings is 1. The number of rotatable bonds is 6. The molecule has 1 unspecified atom stereocenters. The van der Waals surface area contributed by atoms with Crippen molar-refractivity contribution in [3.05, 3.63) is 38.9 Å². The molecule has 0 aliphatic rings. The number of sulfonamides is 1. The Kier molecular flexibility index (Phi) is 4.87. The molecule has 2 aromatic rings. The van der Waals surface area contributed by atoms with Gasteiger partial charge in [-0.3, -0.25) is 0 Å². The van der Waals surface area contributed by atoms with Gasteiger partial charge in [-0.2, -0.15) is 0 Å². The number of carbonyl (C=O) groups is 1. The van der Waals surface area contributed by atoms with Crippen LogP contribution in [0.5, 0.6) is 0 Å². The molecule has 1 atom stereocenters. The third-order valence-corrected chi connectivity index (χ3v) is 5.94. The second-order valence-electron chi connectivity index (χ2n) is 4.36. The van der Waals surface area contributed by atoms with Gasteiger partial charge in [0.25, 0.3) is 0 Å². The van der Waals surface area contributed by atoms with Crippen LogP contribution in [0.4, 0.5) is 0 Å². The molecule has 21 heavy (non-hydrogen) atoms. The molecule has 0 aliphatic carbocycles. The molecule has 0 saturated heterocycles. The van der Waals surface area contributed by atoms with Crippen LogP contribution >= 0.6 is 27.3 Å². The van der Waals surface area contributed by atoms with Crippen LogP contribution in [0, 0.1) is 0 Å². The molecular formula is C12H12BrNO5S2. The Morgan fingerprint density at radius 1 is 1.57 bits per heavy atom. The van der Waals surface area contributed by atoms with Gasteiger partial charge in [-0.05, 0) is 40.7 Å². The van der Waals surface area contributed by atoms with Crippen molar-refractivity contribution in [2.45, 2.75) is 24.3 Å². The minimum atomic E-state index is -3.86. The van der Waals surface area contributed by atoms with Crippen LogP contribution in [0.15, 0.2) is 37.6 Å². The molecule has 114 valence electrons. The van der Waals surface area contributed by atoms with Crippen LogP contribution in [0.3, 0.4) is 0 Å². The maximum absolute atomic E-state index is 12.2. The zero-order valence-electron chi connectivity index (χ0n) is 10.9. The van der Waals surface area contributed by atoms with Crippen LogP contribution < -0.4 is 4.72 Å². The molecule has 2 rings (SSSR count). The predicted molar refractivity (Wildman–Crippen MR) is 81.2 cm³/mol. The van der Waals surface area contributed by atoms with Crippen LogP contribution in [-0.4, -0.2) is 25.5 Å². The summed E-state index contributed by atoms with van der Waals surface area (Å²) in [5, 5.41) is 10.7. The third kappa shape index (κ3) is 3.94. The number of carboxylic acids is 1. The second-order valence-corrected chi connectivity index (χ2v) is 7.79. The average Bonchev–Trinajstić information content (AvgIpc) is 2.97. The van der Waals surface area contributed by atoms with E-state index in [1.54, 1.807) is 18.3 Å². The third-order valence-electron chi connectivity index (χ3n) is 2.60. The van der Waals surface area contributed by atoms with Crippen molar-refractivity contribution >= 4 is 43.3 Å². The van der Waals surface area contributed by atoms with Crippen LogP contribution in [0.2, 0.25) is 0 Å². The Morgan fingerprint density at radius 2 is 2.29 bits per heavy atom. The molecule has 0 radical (unpaired) electrons. The first-order chi connectivity index (χ1) is 9.79. The van der Waals surface area contributed by atoms with Gasteiger partial charge < -0.3 is 9.52 Å². The van der Waals surface area contributed by atoms with Crippen LogP contribution in [-0.2, 0) is 16.4 Å². The van der Waals surface area contributed by atoms with Gasteiger partial charge >= 0.3 is 5.97 Å². The Bertz CT molecular complexity index is 736. The molecule has 0 bridgehead atoms. The molecule has 0 fully saturated rings. The van der Waals surface area contributed by atoms with Crippen molar-refractivity contribution in [2.75, 3.05) is 0 Å². The van der Waals surface area contributed by atoms with Crippen molar-refractivity contribution in [3.8, 4) is 0 Å². The van der Waals surface area contributed by atoms with E-state index in [4.69, 9.17) is 9.52 Å². The zero-order chi connectivity index (χ0) is 15.6. The van der Waals surface area contributed by atoms with Crippen molar-refractivity contribution < 1.29 is 22.7 Å². The Labute approximate surface area is 134 Å². The summed E-state index contributed by atoms with van der Waals surface area (Å²) < 4.78 is 31.7. The summed E-state index contributed by atoms with van der Waals surface area (Å²) in [7, 11) is -3.86. The van der Waals surface area contributed by atoms with Gasteiger partial charge in [-0.25, -0.2) is 17.9 Å². The Morgan fingerprint density at radius 3 is 2.81 bits per heavy atom. The van der Waals surface area contributed by atoms with Crippen molar-refractivity contribution in [1.82, 2.24) is 4.72 Å². The summed E-state index contributed by atoms with van der Waals surface area (Å²) in [4.78, 5) is 11.6. The smallest absolute Gasteiger partial charge is 0.371 e. The van der Waals surface area contributed by atoms with Gasteiger partial charge in [-0.15, -0.1) is 11.3 Å². The fourth-order valence-corrected chi connectivity index (χ4v) is 4.76. The summed E-state index contributed by atoms with van der Waals surface area (Å²) in [5.41, 5.74) is 0. The standard InChI is InChI=1S/C12H12BrNO5S2/c1-7(5-8-3-2-4-20-8)14-21(17,18)10-6-9(12(15)16)19-11(10)13/h2-4,6-7,14H,5H2,1H3,(H,15,16). The topological polar surface area (TPSA) is 96.6 Å². The number of carboxylic acid groups (broad SMARTS) is 1. The minimum absolute atomic E-state index is 0.129. The highest BCUT2D eigenvalue weighted by Gasteiger charge is 2.26. The summed E-state index contributed by atoms with van der Waals surface area (Å²) in [5.74, 6) is -1.77. The van der Waals surface area contributed by atoms with Gasteiger partial charge in [-0.1, -0.05) is 6.07 Å². The minimum Gasteiger partial charge on any atom is -0.475 e. The molecule has 0 aliphatic heterocycles. The van der Waals surface area contributed by atoms with E-state index >= 15 is 0 Å². The second kappa shape index (κ2) is 6.30. The Hall–Kier alpha value is -1.16. The first kappa shape index (κ1) is 16.2. The number of hydrogen-bond donors (Lipinski definition) is 2. The molecule has 2 aromatic heterocycles. The van der Waals surface area contributed by atoms with E-state index in [2.05, 4.69) is 20.7 Å². The molecule has 2 heterocycles. The van der Waals surface area contributed by atoms with Crippen molar-refractivity contribution in [3.63, 3.8) is 0 Å². The van der Waals surface area contributed by atoms with E-state index in [1.165, 1.54) is 0 Å². The van der Waals surface area contributed by atoms with E-state index in [0.29, 0.717) is 6.42 Å². The highest BCUT2D eigenvalue weighted by atomic mass is 79.9. The molecular weight excluding hydrogens is 382 g/mol. The van der Waals surface area contributed by atoms with Crippen LogP contribution in [0.1, 0.15) is 22.4 Å². The molecule has 0 spiro atoms. The summed E-state index contributed by atoms with van der Waals surface area (Å²) in [6.07, 6.45) is 0.554. The number of furan rings is 1. The largest absolute Gasteiger partial charge is 0.475 e. The average molecular weight is 394 g/mol. The van der Waals surface area contributed by atoms with Crippen molar-refractivity contribution in [1.29, 1.82) is 0 Å². The predicted octanol–water partition coefficient (Wildman–Crippen LogP) is 2.71. The van der Waals surface area contributed by atoms with E-state index in [1.807, 2.05) is 17.5 Å². The van der Waals surface area contributed by atoms with E-state index < -0.39 is 21.8 Å². The van der Waals surface area contributed by atoms with Crippen molar-refractivity contribution in [2.24, 2.45) is 0 Å². The van der Waals surface area contributed by atoms with Gasteiger partial charge in [0.1, 0.15) is 4.90 Å². The molecule has 0 aromatic carbocycles. The van der Waals surface area contributed by atoms with Gasteiger partial charge in [0.15, 0.2) is 4.67 Å². The lowest BCUT2D eigenvalue weighted by Gasteiger charge is -2.12. The number of hydrogen-bond acceptors (Lipinski definition) is 5. The molecule has 6 nitrogen and oxygen atoms in total.